The molecule has 4 fully saturated rings. The van der Waals surface area contributed by atoms with Gasteiger partial charge in [0.2, 0.25) is 10.9 Å². The Labute approximate surface area is 285 Å². The van der Waals surface area contributed by atoms with Crippen molar-refractivity contribution in [3.05, 3.63) is 62.7 Å². The number of methoxy groups -OCH3 is 1. The summed E-state index contributed by atoms with van der Waals surface area (Å²) in [5.41, 5.74) is 1.31. The Morgan fingerprint density at radius 1 is 0.820 bits per heavy atom. The molecule has 4 aliphatic rings. The van der Waals surface area contributed by atoms with Crippen LogP contribution in [0.15, 0.2) is 44.6 Å². The summed E-state index contributed by atoms with van der Waals surface area (Å²) in [6.45, 7) is 6.80. The first kappa shape index (κ1) is 31.2. The highest BCUT2D eigenvalue weighted by Crippen LogP contribution is 2.45. The summed E-state index contributed by atoms with van der Waals surface area (Å²) in [7, 11) is 1.50. The van der Waals surface area contributed by atoms with Crippen molar-refractivity contribution in [3.63, 3.8) is 0 Å². The summed E-state index contributed by atoms with van der Waals surface area (Å²) in [6, 6.07) is 4.77. The molecule has 2 aromatic carbocycles. The summed E-state index contributed by atoms with van der Waals surface area (Å²) in [5.74, 6) is -0.845. The van der Waals surface area contributed by atoms with Crippen molar-refractivity contribution in [1.82, 2.24) is 30.0 Å². The number of hydrogen-bond acceptors (Lipinski definition) is 10. The first-order valence-electron chi connectivity index (χ1n) is 17.4. The van der Waals surface area contributed by atoms with Crippen LogP contribution in [0.5, 0.6) is 5.75 Å². The quantitative estimate of drug-likeness (QED) is 0.258. The van der Waals surface area contributed by atoms with E-state index in [1.807, 2.05) is 25.9 Å². The van der Waals surface area contributed by atoms with E-state index < -0.39 is 22.5 Å². The number of hydrogen-bond donors (Lipinski definition) is 2. The van der Waals surface area contributed by atoms with Crippen molar-refractivity contribution >= 4 is 33.2 Å². The van der Waals surface area contributed by atoms with E-state index in [-0.39, 0.29) is 51.8 Å². The monoisotopic (exact) mass is 684 g/mol. The van der Waals surface area contributed by atoms with Gasteiger partial charge in [-0.2, -0.15) is 0 Å². The summed E-state index contributed by atoms with van der Waals surface area (Å²) < 4.78 is 47.5. The van der Waals surface area contributed by atoms with Gasteiger partial charge in [-0.15, -0.1) is 10.2 Å². The van der Waals surface area contributed by atoms with E-state index in [0.717, 1.165) is 38.8 Å². The maximum absolute atomic E-state index is 16.0. The molecule has 0 amide bonds. The lowest BCUT2D eigenvalue weighted by Gasteiger charge is -2.35. The van der Waals surface area contributed by atoms with Gasteiger partial charge in [-0.05, 0) is 50.8 Å². The van der Waals surface area contributed by atoms with E-state index in [1.54, 1.807) is 18.5 Å². The zero-order valence-corrected chi connectivity index (χ0v) is 28.0. The van der Waals surface area contributed by atoms with Gasteiger partial charge in [0.05, 0.1) is 29.2 Å². The average Bonchev–Trinajstić information content (AvgIpc) is 4.07. The summed E-state index contributed by atoms with van der Waals surface area (Å²) in [6.07, 6.45) is 7.02. The summed E-state index contributed by atoms with van der Waals surface area (Å²) >= 11 is 0. The second kappa shape index (κ2) is 11.9. The molecule has 2 aliphatic heterocycles. The van der Waals surface area contributed by atoms with Crippen LogP contribution in [0, 0.1) is 11.6 Å². The van der Waals surface area contributed by atoms with Crippen molar-refractivity contribution in [2.45, 2.75) is 50.7 Å². The number of piperazine rings is 2. The zero-order chi connectivity index (χ0) is 34.3. The predicted octanol–water partition coefficient (Wildman–Crippen LogP) is 4.20. The standard InChI is InChI=1S/C36H38F2N8O4/c1-19-16-44(12-9-40-19)31-27(38)14-23-30(34(31)49-2)46(21-5-6-21)18-25(33(23)48)36-42-41-35(50-36)24-17-45(20-3-4-20)28-15-29(43-10-7-39-8-11-43)26(37)13-22(28)32(24)47/h13-15,17-21,39-40H,3-12,16H2,1-2H3. The van der Waals surface area contributed by atoms with E-state index in [9.17, 15) is 9.59 Å². The molecule has 0 bridgehead atoms. The Balaban J connectivity index is 1.16. The Kier molecular flexibility index (Phi) is 7.42. The highest BCUT2D eigenvalue weighted by Gasteiger charge is 2.33. The molecule has 2 saturated heterocycles. The minimum Gasteiger partial charge on any atom is -0.492 e. The third-order valence-corrected chi connectivity index (χ3v) is 10.4. The van der Waals surface area contributed by atoms with Gasteiger partial charge in [0, 0.05) is 81.7 Å². The minimum atomic E-state index is -0.546. The Hall–Kier alpha value is -4.82. The van der Waals surface area contributed by atoms with Crippen LogP contribution in [0.25, 0.3) is 44.7 Å². The number of anilines is 2. The number of ether oxygens (including phenoxy) is 1. The molecule has 5 heterocycles. The molecule has 50 heavy (non-hydrogen) atoms. The fourth-order valence-corrected chi connectivity index (χ4v) is 7.61. The van der Waals surface area contributed by atoms with Gasteiger partial charge in [-0.1, -0.05) is 0 Å². The third-order valence-electron chi connectivity index (χ3n) is 10.4. The lowest BCUT2D eigenvalue weighted by atomic mass is 10.1. The van der Waals surface area contributed by atoms with Crippen LogP contribution in [0.2, 0.25) is 0 Å². The van der Waals surface area contributed by atoms with E-state index in [0.29, 0.717) is 60.9 Å². The van der Waals surface area contributed by atoms with Gasteiger partial charge in [0.1, 0.15) is 22.6 Å². The highest BCUT2D eigenvalue weighted by atomic mass is 19.1. The number of pyridine rings is 2. The van der Waals surface area contributed by atoms with Gasteiger partial charge < -0.3 is 38.7 Å². The Morgan fingerprint density at radius 3 is 2.10 bits per heavy atom. The lowest BCUT2D eigenvalue weighted by molar-refractivity contribution is 0.407. The number of nitrogens with one attached hydrogen (secondary N) is 2. The van der Waals surface area contributed by atoms with Crippen LogP contribution >= 0.6 is 0 Å². The number of fused-ring (bicyclic) bond motifs is 2. The number of benzene rings is 2. The second-order valence-corrected chi connectivity index (χ2v) is 13.9. The first-order valence-corrected chi connectivity index (χ1v) is 17.4. The molecular formula is C36H38F2N8O4. The number of rotatable bonds is 7. The van der Waals surface area contributed by atoms with Crippen LogP contribution < -0.4 is 36.0 Å². The maximum Gasteiger partial charge on any atom is 0.253 e. The molecule has 5 aromatic rings. The van der Waals surface area contributed by atoms with Gasteiger partial charge in [-0.3, -0.25) is 9.59 Å². The maximum atomic E-state index is 16.0. The smallest absolute Gasteiger partial charge is 0.253 e. The molecule has 2 N–H and O–H groups in total. The van der Waals surface area contributed by atoms with Crippen LogP contribution in [-0.4, -0.2) is 78.3 Å². The predicted molar refractivity (Wildman–Crippen MR) is 186 cm³/mol. The number of aromatic nitrogens is 4. The topological polar surface area (TPSA) is 123 Å². The molecule has 3 aromatic heterocycles. The molecule has 14 heteroatoms. The molecular weight excluding hydrogens is 646 g/mol. The molecule has 1 unspecified atom stereocenters. The van der Waals surface area contributed by atoms with E-state index >= 15 is 8.78 Å². The van der Waals surface area contributed by atoms with E-state index in [4.69, 9.17) is 9.15 Å². The van der Waals surface area contributed by atoms with E-state index in [1.165, 1.54) is 19.2 Å². The fourth-order valence-electron chi connectivity index (χ4n) is 7.61. The normalized spacial score (nSPS) is 19.9. The SMILES string of the molecule is COc1c(N2CCNC(C)C2)c(F)cc2c(=O)c(-c3nnc(-c4cn(C5CC5)c5cc(N6CCNCC6)c(F)cc5c4=O)o3)cn(C3CC3)c12. The van der Waals surface area contributed by atoms with Crippen molar-refractivity contribution in [2.24, 2.45) is 0 Å². The lowest BCUT2D eigenvalue weighted by Crippen LogP contribution is -2.49. The molecule has 260 valence electrons. The van der Waals surface area contributed by atoms with Gasteiger partial charge in [-0.25, -0.2) is 8.78 Å². The average molecular weight is 685 g/mol. The summed E-state index contributed by atoms with van der Waals surface area (Å²) in [5, 5.41) is 15.5. The van der Waals surface area contributed by atoms with Gasteiger partial charge in [0.15, 0.2) is 11.6 Å². The number of nitrogens with zero attached hydrogens (tertiary/aromatic N) is 6. The summed E-state index contributed by atoms with van der Waals surface area (Å²) in [4.78, 5) is 32.0. The minimum absolute atomic E-state index is 0.0719. The zero-order valence-electron chi connectivity index (χ0n) is 28.0. The Morgan fingerprint density at radius 2 is 1.44 bits per heavy atom. The van der Waals surface area contributed by atoms with Crippen molar-refractivity contribution in [1.29, 1.82) is 0 Å². The molecule has 2 saturated carbocycles. The van der Waals surface area contributed by atoms with Crippen molar-refractivity contribution in [3.8, 4) is 28.7 Å². The van der Waals surface area contributed by atoms with Crippen LogP contribution in [0.4, 0.5) is 20.2 Å². The third kappa shape index (κ3) is 5.15. The van der Waals surface area contributed by atoms with E-state index in [2.05, 4.69) is 20.8 Å². The molecule has 0 spiro atoms. The fraction of sp³-hybridized carbons (Fsp3) is 0.444. The second-order valence-electron chi connectivity index (χ2n) is 13.9. The molecule has 1 atom stereocenters. The van der Waals surface area contributed by atoms with Crippen molar-refractivity contribution < 1.29 is 17.9 Å². The molecule has 12 nitrogen and oxygen atoms in total. The van der Waals surface area contributed by atoms with Crippen molar-refractivity contribution in [2.75, 3.05) is 62.7 Å². The number of halogens is 2. The largest absolute Gasteiger partial charge is 0.492 e. The Bertz CT molecular complexity index is 2290. The van der Waals surface area contributed by atoms with Gasteiger partial charge >= 0.3 is 0 Å². The van der Waals surface area contributed by atoms with Gasteiger partial charge in [0.25, 0.3) is 11.8 Å². The van der Waals surface area contributed by atoms with Crippen LogP contribution in [-0.2, 0) is 0 Å². The first-order chi connectivity index (χ1) is 24.3. The molecule has 0 radical (unpaired) electrons. The van der Waals surface area contributed by atoms with Crippen LogP contribution in [0.1, 0.15) is 44.7 Å². The molecule has 9 rings (SSSR count). The van der Waals surface area contributed by atoms with Crippen LogP contribution in [0.3, 0.4) is 0 Å². The highest BCUT2D eigenvalue weighted by molar-refractivity contribution is 5.94. The molecule has 2 aliphatic carbocycles.